The molecule has 1 N–H and O–H groups in total. The maximum atomic E-state index is 12.8. The molecule has 0 saturated carbocycles. The Morgan fingerprint density at radius 3 is 2.41 bits per heavy atom. The van der Waals surface area contributed by atoms with Crippen molar-refractivity contribution in [2.45, 2.75) is 20.5 Å². The molecule has 162 valence electrons. The Morgan fingerprint density at radius 2 is 1.66 bits per heavy atom. The molecule has 0 aliphatic carbocycles. The first-order valence-corrected chi connectivity index (χ1v) is 10.4. The second-order valence-electron chi connectivity index (χ2n) is 7.33. The highest BCUT2D eigenvalue weighted by Gasteiger charge is 2.34. The van der Waals surface area contributed by atoms with Crippen molar-refractivity contribution in [2.75, 3.05) is 11.6 Å². The number of ether oxygens (including phenoxy) is 2. The minimum atomic E-state index is -0.448. The van der Waals surface area contributed by atoms with Gasteiger partial charge in [-0.1, -0.05) is 48.5 Å². The van der Waals surface area contributed by atoms with Crippen LogP contribution in [0.25, 0.3) is 6.08 Å². The molecule has 1 fully saturated rings. The van der Waals surface area contributed by atoms with E-state index in [0.717, 1.165) is 11.1 Å². The van der Waals surface area contributed by atoms with Crippen molar-refractivity contribution in [3.8, 4) is 11.5 Å². The summed E-state index contributed by atoms with van der Waals surface area (Å²) in [4.78, 5) is 25.3. The quantitative estimate of drug-likeness (QED) is 0.446. The Bertz CT molecular complexity index is 1170. The first kappa shape index (κ1) is 21.2. The van der Waals surface area contributed by atoms with E-state index in [2.05, 4.69) is 5.43 Å². The zero-order chi connectivity index (χ0) is 22.5. The van der Waals surface area contributed by atoms with Gasteiger partial charge in [-0.2, -0.15) is 0 Å². The van der Waals surface area contributed by atoms with Crippen molar-refractivity contribution in [1.29, 1.82) is 0 Å². The lowest BCUT2D eigenvalue weighted by atomic mass is 10.1. The summed E-state index contributed by atoms with van der Waals surface area (Å²) in [6.45, 7) is 4.81. The van der Waals surface area contributed by atoms with Gasteiger partial charge in [-0.3, -0.25) is 15.0 Å². The molecule has 2 amide bonds. The molecular weight excluding hydrogens is 404 g/mol. The summed E-state index contributed by atoms with van der Waals surface area (Å²) in [5.74, 6) is 0.308. The van der Waals surface area contributed by atoms with Gasteiger partial charge in [-0.25, -0.2) is 5.01 Å². The Hall–Kier alpha value is -4.06. The van der Waals surface area contributed by atoms with E-state index >= 15 is 0 Å². The molecule has 0 unspecified atom stereocenters. The zero-order valence-corrected chi connectivity index (χ0v) is 18.0. The number of benzene rings is 3. The Labute approximate surface area is 187 Å². The van der Waals surface area contributed by atoms with E-state index in [-0.39, 0.29) is 5.57 Å². The van der Waals surface area contributed by atoms with Crippen molar-refractivity contribution in [2.24, 2.45) is 0 Å². The third-order valence-electron chi connectivity index (χ3n) is 5.13. The largest absolute Gasteiger partial charge is 0.490 e. The minimum Gasteiger partial charge on any atom is -0.490 e. The highest BCUT2D eigenvalue weighted by atomic mass is 16.5. The molecule has 1 heterocycles. The summed E-state index contributed by atoms with van der Waals surface area (Å²) in [6.07, 6.45) is 1.56. The number of rotatable bonds is 7. The molecule has 6 nitrogen and oxygen atoms in total. The summed E-state index contributed by atoms with van der Waals surface area (Å²) in [5, 5.41) is 1.25. The van der Waals surface area contributed by atoms with Crippen LogP contribution >= 0.6 is 0 Å². The van der Waals surface area contributed by atoms with E-state index in [1.54, 1.807) is 48.5 Å². The van der Waals surface area contributed by atoms with Crippen LogP contribution in [-0.2, 0) is 16.2 Å². The number of para-hydroxylation sites is 1. The van der Waals surface area contributed by atoms with Gasteiger partial charge in [-0.15, -0.1) is 0 Å². The maximum absolute atomic E-state index is 12.8. The summed E-state index contributed by atoms with van der Waals surface area (Å²) in [6, 6.07) is 22.4. The van der Waals surface area contributed by atoms with Gasteiger partial charge in [0.25, 0.3) is 11.8 Å². The van der Waals surface area contributed by atoms with E-state index in [0.29, 0.717) is 36.0 Å². The highest BCUT2D eigenvalue weighted by molar-refractivity contribution is 6.31. The van der Waals surface area contributed by atoms with Crippen LogP contribution in [0.2, 0.25) is 0 Å². The molecule has 4 rings (SSSR count). The summed E-state index contributed by atoms with van der Waals surface area (Å²) < 4.78 is 11.8. The third kappa shape index (κ3) is 4.49. The molecule has 0 radical (unpaired) electrons. The first-order chi connectivity index (χ1) is 15.6. The predicted molar refractivity (Wildman–Crippen MR) is 123 cm³/mol. The number of carbonyl (C=O) groups excluding carboxylic acids is 2. The topological polar surface area (TPSA) is 67.9 Å². The van der Waals surface area contributed by atoms with Crippen LogP contribution in [0.15, 0.2) is 78.4 Å². The van der Waals surface area contributed by atoms with Crippen molar-refractivity contribution in [3.63, 3.8) is 0 Å². The molecule has 1 aliphatic rings. The number of amides is 2. The maximum Gasteiger partial charge on any atom is 0.282 e. The second kappa shape index (κ2) is 9.39. The minimum absolute atomic E-state index is 0.0601. The lowest BCUT2D eigenvalue weighted by Crippen LogP contribution is -2.35. The molecule has 3 aromatic carbocycles. The molecule has 0 spiro atoms. The molecule has 6 heteroatoms. The van der Waals surface area contributed by atoms with Gasteiger partial charge in [0.05, 0.1) is 12.3 Å². The van der Waals surface area contributed by atoms with Crippen LogP contribution in [0, 0.1) is 6.92 Å². The molecule has 32 heavy (non-hydrogen) atoms. The van der Waals surface area contributed by atoms with E-state index in [4.69, 9.17) is 9.47 Å². The predicted octanol–water partition coefficient (Wildman–Crippen LogP) is 4.43. The number of hydrazine groups is 1. The van der Waals surface area contributed by atoms with Crippen LogP contribution in [0.3, 0.4) is 0 Å². The Morgan fingerprint density at radius 1 is 0.906 bits per heavy atom. The molecule has 1 aliphatic heterocycles. The van der Waals surface area contributed by atoms with E-state index in [1.165, 1.54) is 5.01 Å². The van der Waals surface area contributed by atoms with E-state index in [1.807, 2.05) is 44.2 Å². The lowest BCUT2D eigenvalue weighted by molar-refractivity contribution is -0.117. The summed E-state index contributed by atoms with van der Waals surface area (Å²) >= 11 is 0. The summed E-state index contributed by atoms with van der Waals surface area (Å²) in [5.41, 5.74) is 6.18. The van der Waals surface area contributed by atoms with Gasteiger partial charge in [0.1, 0.15) is 12.2 Å². The summed E-state index contributed by atoms with van der Waals surface area (Å²) in [7, 11) is 0. The van der Waals surface area contributed by atoms with Crippen LogP contribution in [0.4, 0.5) is 5.69 Å². The average Bonchev–Trinajstić information content (AvgIpc) is 3.08. The second-order valence-corrected chi connectivity index (χ2v) is 7.33. The van der Waals surface area contributed by atoms with Crippen LogP contribution < -0.4 is 19.9 Å². The number of anilines is 1. The molecule has 0 bridgehead atoms. The Balaban J connectivity index is 1.57. The third-order valence-corrected chi connectivity index (χ3v) is 5.13. The SMILES string of the molecule is CCOc1cc(/C=C2\C(=O)NN(c3ccccc3)C2=O)ccc1OCc1ccccc1C. The van der Waals surface area contributed by atoms with Crippen molar-refractivity contribution >= 4 is 23.6 Å². The van der Waals surface area contributed by atoms with Gasteiger partial charge < -0.3 is 9.47 Å². The van der Waals surface area contributed by atoms with Gasteiger partial charge in [0, 0.05) is 0 Å². The van der Waals surface area contributed by atoms with E-state index in [9.17, 15) is 9.59 Å². The van der Waals surface area contributed by atoms with Gasteiger partial charge in [-0.05, 0) is 60.9 Å². The normalized spacial score (nSPS) is 14.6. The van der Waals surface area contributed by atoms with Crippen molar-refractivity contribution < 1.29 is 19.1 Å². The number of carbonyl (C=O) groups is 2. The van der Waals surface area contributed by atoms with Gasteiger partial charge in [0.15, 0.2) is 11.5 Å². The number of hydrogen-bond acceptors (Lipinski definition) is 4. The smallest absolute Gasteiger partial charge is 0.282 e. The number of aryl methyl sites for hydroxylation is 1. The van der Waals surface area contributed by atoms with Crippen LogP contribution in [0.5, 0.6) is 11.5 Å². The molecule has 3 aromatic rings. The zero-order valence-electron chi connectivity index (χ0n) is 18.0. The lowest BCUT2D eigenvalue weighted by Gasteiger charge is -2.14. The van der Waals surface area contributed by atoms with Gasteiger partial charge in [0.2, 0.25) is 0 Å². The first-order valence-electron chi connectivity index (χ1n) is 10.4. The number of nitrogens with one attached hydrogen (secondary N) is 1. The van der Waals surface area contributed by atoms with E-state index < -0.39 is 11.8 Å². The van der Waals surface area contributed by atoms with Crippen LogP contribution in [0.1, 0.15) is 23.6 Å². The molecule has 0 aromatic heterocycles. The molecular formula is C26H24N2O4. The fraction of sp³-hybridized carbons (Fsp3) is 0.154. The average molecular weight is 428 g/mol. The van der Waals surface area contributed by atoms with Gasteiger partial charge >= 0.3 is 0 Å². The number of hydrogen-bond donors (Lipinski definition) is 1. The highest BCUT2D eigenvalue weighted by Crippen LogP contribution is 2.31. The van der Waals surface area contributed by atoms with Crippen molar-refractivity contribution in [1.82, 2.24) is 5.43 Å². The molecule has 1 saturated heterocycles. The molecule has 0 atom stereocenters. The fourth-order valence-electron chi connectivity index (χ4n) is 3.41. The van der Waals surface area contributed by atoms with Crippen LogP contribution in [-0.4, -0.2) is 18.4 Å². The fourth-order valence-corrected chi connectivity index (χ4v) is 3.41. The monoisotopic (exact) mass is 428 g/mol. The Kier molecular flexibility index (Phi) is 6.22. The number of nitrogens with zero attached hydrogens (tertiary/aromatic N) is 1. The standard InChI is InChI=1S/C26H24N2O4/c1-3-31-24-16-19(13-14-23(24)32-17-20-10-8-7-9-18(20)2)15-22-25(29)27-28(26(22)30)21-11-5-4-6-12-21/h4-16H,3,17H2,1-2H3,(H,27,29)/b22-15+. The van der Waals surface area contributed by atoms with Crippen molar-refractivity contribution in [3.05, 3.63) is 95.1 Å².